The maximum Gasteiger partial charge on any atom is 0.251 e. The van der Waals surface area contributed by atoms with E-state index < -0.39 is 12.0 Å². The molecule has 5 heteroatoms. The lowest BCUT2D eigenvalue weighted by atomic mass is 10.0. The fourth-order valence-electron chi connectivity index (χ4n) is 3.04. The fourth-order valence-corrected chi connectivity index (χ4v) is 3.04. The molecule has 0 rings (SSSR count). The van der Waals surface area contributed by atoms with Crippen molar-refractivity contribution in [3.05, 3.63) is 0 Å². The van der Waals surface area contributed by atoms with Crippen LogP contribution in [0, 0.1) is 0 Å². The summed E-state index contributed by atoms with van der Waals surface area (Å²) in [5, 5.41) is 20.8. The standard InChI is InChI=1S/C21H43NO4/c1-3-5-6-7-8-9-10-11-12-13-14-15-19(4-2)26-18-20(24)21(25)22-16-17-23/h19-20,23-24H,3-18H2,1-2H3,(H,22,25). The SMILES string of the molecule is CCCCCCCCCCCCCC(CC)OCC(O)C(=O)NCCO. The van der Waals surface area contributed by atoms with Crippen molar-refractivity contribution in [2.45, 2.75) is 110 Å². The van der Waals surface area contributed by atoms with Gasteiger partial charge in [0.25, 0.3) is 5.91 Å². The van der Waals surface area contributed by atoms with Crippen molar-refractivity contribution in [1.82, 2.24) is 5.32 Å². The normalized spacial score (nSPS) is 13.5. The van der Waals surface area contributed by atoms with Gasteiger partial charge in [0, 0.05) is 6.54 Å². The largest absolute Gasteiger partial charge is 0.395 e. The summed E-state index contributed by atoms with van der Waals surface area (Å²) >= 11 is 0. The summed E-state index contributed by atoms with van der Waals surface area (Å²) in [6, 6.07) is 0. The van der Waals surface area contributed by atoms with E-state index in [1.165, 1.54) is 64.2 Å². The second-order valence-corrected chi connectivity index (χ2v) is 7.22. The highest BCUT2D eigenvalue weighted by Gasteiger charge is 2.16. The van der Waals surface area contributed by atoms with Gasteiger partial charge in [-0.3, -0.25) is 4.79 Å². The highest BCUT2D eigenvalue weighted by atomic mass is 16.5. The van der Waals surface area contributed by atoms with E-state index in [-0.39, 0.29) is 25.9 Å². The van der Waals surface area contributed by atoms with E-state index in [1.54, 1.807) is 0 Å². The summed E-state index contributed by atoms with van der Waals surface area (Å²) in [5.41, 5.74) is 0. The molecule has 1 amide bonds. The van der Waals surface area contributed by atoms with Gasteiger partial charge in [-0.25, -0.2) is 0 Å². The molecule has 0 saturated carbocycles. The van der Waals surface area contributed by atoms with Gasteiger partial charge in [-0.05, 0) is 12.8 Å². The number of carbonyl (C=O) groups is 1. The lowest BCUT2D eigenvalue weighted by Crippen LogP contribution is -2.39. The maximum absolute atomic E-state index is 11.5. The number of carbonyl (C=O) groups excluding carboxylic acids is 1. The zero-order valence-electron chi connectivity index (χ0n) is 17.2. The predicted octanol–water partition coefficient (Wildman–Crippen LogP) is 3.95. The van der Waals surface area contributed by atoms with Crippen molar-refractivity contribution >= 4 is 5.91 Å². The van der Waals surface area contributed by atoms with E-state index in [0.717, 1.165) is 19.3 Å². The van der Waals surface area contributed by atoms with E-state index >= 15 is 0 Å². The summed E-state index contributed by atoms with van der Waals surface area (Å²) < 4.78 is 5.67. The van der Waals surface area contributed by atoms with Crippen LogP contribution in [0.1, 0.15) is 97.3 Å². The van der Waals surface area contributed by atoms with Crippen LogP contribution in [0.15, 0.2) is 0 Å². The van der Waals surface area contributed by atoms with Crippen LogP contribution in [0.5, 0.6) is 0 Å². The highest BCUT2D eigenvalue weighted by molar-refractivity contribution is 5.80. The topological polar surface area (TPSA) is 78.8 Å². The minimum absolute atomic E-state index is 0.0216. The molecule has 2 unspecified atom stereocenters. The minimum atomic E-state index is -1.16. The smallest absolute Gasteiger partial charge is 0.251 e. The second kappa shape index (κ2) is 19.1. The number of aliphatic hydroxyl groups is 2. The van der Waals surface area contributed by atoms with Gasteiger partial charge in [0.2, 0.25) is 0 Å². The zero-order valence-corrected chi connectivity index (χ0v) is 17.2. The van der Waals surface area contributed by atoms with E-state index in [0.29, 0.717) is 0 Å². The van der Waals surface area contributed by atoms with Crippen LogP contribution in [0.2, 0.25) is 0 Å². The molecule has 0 radical (unpaired) electrons. The van der Waals surface area contributed by atoms with Crippen LogP contribution in [0.3, 0.4) is 0 Å². The van der Waals surface area contributed by atoms with E-state index in [2.05, 4.69) is 19.2 Å². The second-order valence-electron chi connectivity index (χ2n) is 7.22. The molecule has 5 nitrogen and oxygen atoms in total. The summed E-state index contributed by atoms with van der Waals surface area (Å²) in [4.78, 5) is 11.5. The Morgan fingerprint density at radius 2 is 1.46 bits per heavy atom. The lowest BCUT2D eigenvalue weighted by Gasteiger charge is -2.18. The molecule has 0 aliphatic rings. The van der Waals surface area contributed by atoms with Crippen LogP contribution < -0.4 is 5.32 Å². The first-order valence-corrected chi connectivity index (χ1v) is 10.8. The molecule has 2 atom stereocenters. The Morgan fingerprint density at radius 1 is 0.923 bits per heavy atom. The number of hydrogen-bond acceptors (Lipinski definition) is 4. The van der Waals surface area contributed by atoms with E-state index in [1.807, 2.05) is 0 Å². The Balaban J connectivity index is 3.54. The summed E-state index contributed by atoms with van der Waals surface area (Å²) in [5.74, 6) is -0.483. The summed E-state index contributed by atoms with van der Waals surface area (Å²) in [6.07, 6.45) is 15.4. The van der Waals surface area contributed by atoms with Gasteiger partial charge in [0.1, 0.15) is 0 Å². The number of aliphatic hydroxyl groups excluding tert-OH is 2. The number of ether oxygens (including phenoxy) is 1. The van der Waals surface area contributed by atoms with Crippen molar-refractivity contribution in [2.24, 2.45) is 0 Å². The van der Waals surface area contributed by atoms with Crippen LogP contribution in [-0.4, -0.2) is 48.1 Å². The van der Waals surface area contributed by atoms with Gasteiger partial charge in [0.05, 0.1) is 19.3 Å². The predicted molar refractivity (Wildman–Crippen MR) is 107 cm³/mol. The quantitative estimate of drug-likeness (QED) is 0.300. The van der Waals surface area contributed by atoms with Crippen molar-refractivity contribution in [3.63, 3.8) is 0 Å². The molecule has 156 valence electrons. The van der Waals surface area contributed by atoms with Crippen molar-refractivity contribution in [3.8, 4) is 0 Å². The molecule has 0 aromatic rings. The van der Waals surface area contributed by atoms with Crippen molar-refractivity contribution < 1.29 is 19.7 Å². The molecular weight excluding hydrogens is 330 g/mol. The first-order chi connectivity index (χ1) is 12.7. The Labute approximate surface area is 160 Å². The Hall–Kier alpha value is -0.650. The van der Waals surface area contributed by atoms with Crippen molar-refractivity contribution in [2.75, 3.05) is 19.8 Å². The van der Waals surface area contributed by atoms with E-state index in [9.17, 15) is 9.90 Å². The molecule has 0 saturated heterocycles. The van der Waals surface area contributed by atoms with Gasteiger partial charge in [0.15, 0.2) is 6.10 Å². The van der Waals surface area contributed by atoms with Crippen LogP contribution >= 0.6 is 0 Å². The number of nitrogens with one attached hydrogen (secondary N) is 1. The third-order valence-corrected chi connectivity index (χ3v) is 4.79. The monoisotopic (exact) mass is 373 g/mol. The molecular formula is C21H43NO4. The first kappa shape index (κ1) is 25.4. The summed E-state index contributed by atoms with van der Waals surface area (Å²) in [6.45, 7) is 4.38. The third-order valence-electron chi connectivity index (χ3n) is 4.79. The van der Waals surface area contributed by atoms with Crippen molar-refractivity contribution in [1.29, 1.82) is 0 Å². The molecule has 0 fully saturated rings. The Kier molecular flexibility index (Phi) is 18.6. The molecule has 0 aromatic heterocycles. The molecule has 0 bridgehead atoms. The van der Waals surface area contributed by atoms with Crippen LogP contribution in [0.4, 0.5) is 0 Å². The first-order valence-electron chi connectivity index (χ1n) is 10.8. The van der Waals surface area contributed by atoms with Gasteiger partial charge >= 0.3 is 0 Å². The number of rotatable bonds is 19. The fraction of sp³-hybridized carbons (Fsp3) is 0.952. The average molecular weight is 374 g/mol. The third kappa shape index (κ3) is 15.6. The molecule has 0 aliphatic heterocycles. The summed E-state index contributed by atoms with van der Waals surface area (Å²) in [7, 11) is 0. The minimum Gasteiger partial charge on any atom is -0.395 e. The Morgan fingerprint density at radius 3 is 1.96 bits per heavy atom. The molecule has 26 heavy (non-hydrogen) atoms. The van der Waals surface area contributed by atoms with E-state index in [4.69, 9.17) is 9.84 Å². The molecule has 0 aromatic carbocycles. The van der Waals surface area contributed by atoms with Gasteiger partial charge in [-0.1, -0.05) is 84.5 Å². The highest BCUT2D eigenvalue weighted by Crippen LogP contribution is 2.14. The molecule has 0 aliphatic carbocycles. The molecule has 0 spiro atoms. The number of hydrogen-bond donors (Lipinski definition) is 3. The lowest BCUT2D eigenvalue weighted by molar-refractivity contribution is -0.134. The molecule has 3 N–H and O–H groups in total. The Bertz CT molecular complexity index is 312. The number of unbranched alkanes of at least 4 members (excludes halogenated alkanes) is 10. The van der Waals surface area contributed by atoms with Crippen LogP contribution in [0.25, 0.3) is 0 Å². The average Bonchev–Trinajstić information content (AvgIpc) is 2.66. The zero-order chi connectivity index (χ0) is 19.5. The van der Waals surface area contributed by atoms with Gasteiger partial charge in [-0.15, -0.1) is 0 Å². The van der Waals surface area contributed by atoms with Gasteiger partial charge in [-0.2, -0.15) is 0 Å². The van der Waals surface area contributed by atoms with Gasteiger partial charge < -0.3 is 20.3 Å². The maximum atomic E-state index is 11.5. The van der Waals surface area contributed by atoms with Crippen LogP contribution in [-0.2, 0) is 9.53 Å². The molecule has 0 heterocycles. The number of amides is 1.